The van der Waals surface area contributed by atoms with Crippen LogP contribution in [-0.2, 0) is 9.53 Å². The van der Waals surface area contributed by atoms with Gasteiger partial charge in [0.05, 0.1) is 18.1 Å². The molecule has 0 aliphatic carbocycles. The first kappa shape index (κ1) is 15.4. The summed E-state index contributed by atoms with van der Waals surface area (Å²) in [6, 6.07) is 5.49. The summed E-state index contributed by atoms with van der Waals surface area (Å²) in [5.41, 5.74) is 0.783. The molecule has 0 spiro atoms. The first-order chi connectivity index (χ1) is 10.0. The number of rotatable bonds is 5. The standard InChI is InChI=1S/C14H18N2O5/c1-2-12(10-4-3-5-11(8-10)16(19)20)15-6-7-21-9-13(15)14(17)18/h3-5,8,12-13H,2,6-7,9H2,1H3,(H,17,18). The van der Waals surface area contributed by atoms with Crippen molar-refractivity contribution in [1.29, 1.82) is 0 Å². The van der Waals surface area contributed by atoms with Crippen LogP contribution in [0, 0.1) is 10.1 Å². The minimum absolute atomic E-state index is 0.0195. The molecule has 1 aromatic carbocycles. The van der Waals surface area contributed by atoms with Crippen LogP contribution in [0.4, 0.5) is 5.69 Å². The molecule has 1 N–H and O–H groups in total. The number of morpholine rings is 1. The topological polar surface area (TPSA) is 92.9 Å². The molecule has 1 saturated heterocycles. The fraction of sp³-hybridized carbons (Fsp3) is 0.500. The highest BCUT2D eigenvalue weighted by Gasteiger charge is 2.34. The van der Waals surface area contributed by atoms with Crippen LogP contribution in [0.5, 0.6) is 0 Å². The summed E-state index contributed by atoms with van der Waals surface area (Å²) in [6.07, 6.45) is 0.672. The Labute approximate surface area is 122 Å². The molecule has 2 unspecified atom stereocenters. The third-order valence-electron chi connectivity index (χ3n) is 3.71. The zero-order valence-corrected chi connectivity index (χ0v) is 11.8. The van der Waals surface area contributed by atoms with Crippen molar-refractivity contribution >= 4 is 11.7 Å². The quantitative estimate of drug-likeness (QED) is 0.658. The highest BCUT2D eigenvalue weighted by atomic mass is 16.6. The highest BCUT2D eigenvalue weighted by Crippen LogP contribution is 2.29. The van der Waals surface area contributed by atoms with Crippen molar-refractivity contribution in [3.63, 3.8) is 0 Å². The van der Waals surface area contributed by atoms with Crippen molar-refractivity contribution in [1.82, 2.24) is 4.90 Å². The number of hydrogen-bond acceptors (Lipinski definition) is 5. The second-order valence-corrected chi connectivity index (χ2v) is 4.94. The SMILES string of the molecule is CCC(c1cccc([N+](=O)[O-])c1)N1CCOCC1C(=O)O. The van der Waals surface area contributed by atoms with E-state index in [0.717, 1.165) is 5.56 Å². The van der Waals surface area contributed by atoms with E-state index in [1.54, 1.807) is 12.1 Å². The Morgan fingerprint density at radius 2 is 2.38 bits per heavy atom. The lowest BCUT2D eigenvalue weighted by Crippen LogP contribution is -2.51. The van der Waals surface area contributed by atoms with Gasteiger partial charge in [-0.3, -0.25) is 19.8 Å². The molecule has 21 heavy (non-hydrogen) atoms. The number of nitro benzene ring substituents is 1. The molecule has 1 aliphatic heterocycles. The lowest BCUT2D eigenvalue weighted by molar-refractivity contribution is -0.385. The Hall–Kier alpha value is -1.99. The Morgan fingerprint density at radius 1 is 1.62 bits per heavy atom. The molecule has 2 atom stereocenters. The molecule has 1 aromatic rings. The summed E-state index contributed by atoms with van der Waals surface area (Å²) in [7, 11) is 0. The van der Waals surface area contributed by atoms with E-state index < -0.39 is 16.9 Å². The predicted octanol–water partition coefficient (Wildman–Crippen LogP) is 1.83. The molecule has 7 heteroatoms. The molecule has 1 heterocycles. The molecular weight excluding hydrogens is 276 g/mol. The van der Waals surface area contributed by atoms with Gasteiger partial charge in [-0.15, -0.1) is 0 Å². The molecule has 0 bridgehead atoms. The van der Waals surface area contributed by atoms with E-state index in [1.165, 1.54) is 12.1 Å². The second kappa shape index (κ2) is 6.64. The van der Waals surface area contributed by atoms with Gasteiger partial charge in [0.2, 0.25) is 0 Å². The van der Waals surface area contributed by atoms with Crippen LogP contribution >= 0.6 is 0 Å². The molecular formula is C14H18N2O5. The summed E-state index contributed by atoms with van der Waals surface area (Å²) in [6.45, 7) is 3.05. The Balaban J connectivity index is 2.31. The molecule has 0 amide bonds. The van der Waals surface area contributed by atoms with Crippen LogP contribution in [0.1, 0.15) is 24.9 Å². The summed E-state index contributed by atoms with van der Waals surface area (Å²) >= 11 is 0. The predicted molar refractivity (Wildman–Crippen MR) is 75.1 cm³/mol. The largest absolute Gasteiger partial charge is 0.480 e. The van der Waals surface area contributed by atoms with Gasteiger partial charge in [0, 0.05) is 24.7 Å². The summed E-state index contributed by atoms with van der Waals surface area (Å²) in [4.78, 5) is 23.7. The van der Waals surface area contributed by atoms with Gasteiger partial charge in [-0.2, -0.15) is 0 Å². The zero-order valence-electron chi connectivity index (χ0n) is 11.8. The normalized spacial score (nSPS) is 20.9. The van der Waals surface area contributed by atoms with Gasteiger partial charge in [-0.1, -0.05) is 19.1 Å². The van der Waals surface area contributed by atoms with Gasteiger partial charge in [0.25, 0.3) is 5.69 Å². The maximum atomic E-state index is 11.4. The Morgan fingerprint density at radius 3 is 3.00 bits per heavy atom. The number of non-ortho nitro benzene ring substituents is 1. The van der Waals surface area contributed by atoms with E-state index >= 15 is 0 Å². The smallest absolute Gasteiger partial charge is 0.323 e. The summed E-state index contributed by atoms with van der Waals surface area (Å²) < 4.78 is 5.24. The van der Waals surface area contributed by atoms with Crippen LogP contribution < -0.4 is 0 Å². The molecule has 0 aromatic heterocycles. The monoisotopic (exact) mass is 294 g/mol. The van der Waals surface area contributed by atoms with E-state index in [-0.39, 0.29) is 18.3 Å². The van der Waals surface area contributed by atoms with Gasteiger partial charge in [-0.05, 0) is 12.0 Å². The number of carbonyl (C=O) groups is 1. The first-order valence-electron chi connectivity index (χ1n) is 6.85. The van der Waals surface area contributed by atoms with Gasteiger partial charge in [0.15, 0.2) is 0 Å². The van der Waals surface area contributed by atoms with Crippen LogP contribution in [0.25, 0.3) is 0 Å². The summed E-state index contributed by atoms with van der Waals surface area (Å²) in [5, 5.41) is 20.2. The van der Waals surface area contributed by atoms with Gasteiger partial charge < -0.3 is 9.84 Å². The number of aliphatic carboxylic acids is 1. The van der Waals surface area contributed by atoms with Crippen molar-refractivity contribution in [2.24, 2.45) is 0 Å². The fourth-order valence-electron chi connectivity index (χ4n) is 2.71. The van der Waals surface area contributed by atoms with Gasteiger partial charge in [-0.25, -0.2) is 0 Å². The van der Waals surface area contributed by atoms with E-state index in [2.05, 4.69) is 0 Å². The van der Waals surface area contributed by atoms with E-state index in [1.807, 2.05) is 11.8 Å². The Bertz CT molecular complexity index is 534. The third-order valence-corrected chi connectivity index (χ3v) is 3.71. The molecule has 1 aliphatic rings. The second-order valence-electron chi connectivity index (χ2n) is 4.94. The van der Waals surface area contributed by atoms with Crippen LogP contribution in [0.3, 0.4) is 0 Å². The number of nitrogens with zero attached hydrogens (tertiary/aromatic N) is 2. The van der Waals surface area contributed by atoms with Crippen molar-refractivity contribution in [2.75, 3.05) is 19.8 Å². The Kier molecular flexibility index (Phi) is 4.87. The average Bonchev–Trinajstić information content (AvgIpc) is 2.48. The van der Waals surface area contributed by atoms with Crippen molar-refractivity contribution in [3.05, 3.63) is 39.9 Å². The number of benzene rings is 1. The molecule has 1 fully saturated rings. The number of hydrogen-bond donors (Lipinski definition) is 1. The molecule has 0 saturated carbocycles. The number of carboxylic acids is 1. The van der Waals surface area contributed by atoms with Gasteiger partial charge in [0.1, 0.15) is 6.04 Å². The van der Waals surface area contributed by atoms with Crippen LogP contribution in [-0.4, -0.2) is 46.7 Å². The zero-order chi connectivity index (χ0) is 15.4. The number of nitro groups is 1. The van der Waals surface area contributed by atoms with Crippen LogP contribution in [0.15, 0.2) is 24.3 Å². The van der Waals surface area contributed by atoms with E-state index in [4.69, 9.17) is 4.74 Å². The minimum Gasteiger partial charge on any atom is -0.480 e. The first-order valence-corrected chi connectivity index (χ1v) is 6.85. The summed E-state index contributed by atoms with van der Waals surface area (Å²) in [5.74, 6) is -0.932. The molecule has 2 rings (SSSR count). The number of ether oxygens (including phenoxy) is 1. The lowest BCUT2D eigenvalue weighted by atomic mass is 9.99. The maximum Gasteiger partial charge on any atom is 0.323 e. The third kappa shape index (κ3) is 3.37. The number of carboxylic acid groups (broad SMARTS) is 1. The molecule has 114 valence electrons. The minimum atomic E-state index is -0.932. The molecule has 0 radical (unpaired) electrons. The van der Waals surface area contributed by atoms with Gasteiger partial charge >= 0.3 is 5.97 Å². The maximum absolute atomic E-state index is 11.4. The fourth-order valence-corrected chi connectivity index (χ4v) is 2.71. The average molecular weight is 294 g/mol. The van der Waals surface area contributed by atoms with Crippen LogP contribution in [0.2, 0.25) is 0 Å². The van der Waals surface area contributed by atoms with Crippen molar-refractivity contribution < 1.29 is 19.6 Å². The lowest BCUT2D eigenvalue weighted by Gasteiger charge is -2.38. The van der Waals surface area contributed by atoms with E-state index in [9.17, 15) is 20.0 Å². The highest BCUT2D eigenvalue weighted by molar-refractivity contribution is 5.73. The van der Waals surface area contributed by atoms with E-state index in [0.29, 0.717) is 19.6 Å². The van der Waals surface area contributed by atoms with Crippen molar-refractivity contribution in [2.45, 2.75) is 25.4 Å². The van der Waals surface area contributed by atoms with Crippen molar-refractivity contribution in [3.8, 4) is 0 Å². The molecule has 7 nitrogen and oxygen atoms in total.